The molecule has 1 heterocycles. The zero-order valence-corrected chi connectivity index (χ0v) is 13.6. The number of nitrogens with zero attached hydrogens (tertiary/aromatic N) is 1. The Hall–Kier alpha value is -1.55. The normalized spacial score (nSPS) is 25.6. The third-order valence-electron chi connectivity index (χ3n) is 3.81. The van der Waals surface area contributed by atoms with E-state index in [0.717, 1.165) is 30.5 Å². The Balaban J connectivity index is 1.86. The van der Waals surface area contributed by atoms with Gasteiger partial charge in [-0.15, -0.1) is 0 Å². The fourth-order valence-corrected chi connectivity index (χ4v) is 2.94. The molecule has 1 aliphatic heterocycles. The summed E-state index contributed by atoms with van der Waals surface area (Å²) in [6.07, 6.45) is 0.698. The van der Waals surface area contributed by atoms with Gasteiger partial charge in [0, 0.05) is 12.0 Å². The van der Waals surface area contributed by atoms with Crippen LogP contribution < -0.4 is 5.32 Å². The van der Waals surface area contributed by atoms with Crippen LogP contribution in [0.25, 0.3) is 0 Å². The highest BCUT2D eigenvalue weighted by Gasteiger charge is 2.36. The first-order valence-corrected chi connectivity index (χ1v) is 7.63. The number of likely N-dealkylation sites (tertiary alicyclic amines) is 1. The smallest absolute Gasteiger partial charge is 0.408 e. The van der Waals surface area contributed by atoms with Gasteiger partial charge in [0.25, 0.3) is 0 Å². The molecule has 2 rings (SSSR count). The van der Waals surface area contributed by atoms with Crippen molar-refractivity contribution in [1.29, 1.82) is 0 Å². The lowest BCUT2D eigenvalue weighted by Crippen LogP contribution is -2.45. The first-order chi connectivity index (χ1) is 9.76. The quantitative estimate of drug-likeness (QED) is 0.870. The Morgan fingerprint density at radius 2 is 2.00 bits per heavy atom. The maximum atomic E-state index is 11.8. The van der Waals surface area contributed by atoms with Gasteiger partial charge in [-0.2, -0.15) is 0 Å². The van der Waals surface area contributed by atoms with Crippen LogP contribution in [0.2, 0.25) is 0 Å². The monoisotopic (exact) mass is 291 g/mol. The molecule has 21 heavy (non-hydrogen) atoms. The standard InChI is InChI=1S/C17H26N2O2/c1-17(2,3)21-16(20)18-15-10-11-19(4,13-15)12-14-8-6-5-7-9-14/h5-9,15H,10-13H2,1-4H3/p+1. The minimum atomic E-state index is -0.440. The van der Waals surface area contributed by atoms with E-state index < -0.39 is 5.60 Å². The van der Waals surface area contributed by atoms with E-state index in [1.807, 2.05) is 26.8 Å². The van der Waals surface area contributed by atoms with Crippen molar-refractivity contribution in [2.45, 2.75) is 45.4 Å². The van der Waals surface area contributed by atoms with Crippen LogP contribution in [0.1, 0.15) is 32.8 Å². The number of ether oxygens (including phenoxy) is 1. The van der Waals surface area contributed by atoms with Crippen molar-refractivity contribution in [2.24, 2.45) is 0 Å². The van der Waals surface area contributed by atoms with Gasteiger partial charge >= 0.3 is 6.09 Å². The van der Waals surface area contributed by atoms with Crippen molar-refractivity contribution < 1.29 is 14.0 Å². The van der Waals surface area contributed by atoms with Gasteiger partial charge in [0.15, 0.2) is 0 Å². The summed E-state index contributed by atoms with van der Waals surface area (Å²) in [6.45, 7) is 8.70. The number of rotatable bonds is 3. The molecule has 0 saturated carbocycles. The maximum Gasteiger partial charge on any atom is 0.408 e. The molecule has 1 amide bonds. The molecular weight excluding hydrogens is 264 g/mol. The fraction of sp³-hybridized carbons (Fsp3) is 0.588. The molecule has 1 aromatic rings. The van der Waals surface area contributed by atoms with Crippen LogP contribution in [-0.2, 0) is 11.3 Å². The predicted molar refractivity (Wildman–Crippen MR) is 83.8 cm³/mol. The highest BCUT2D eigenvalue weighted by Crippen LogP contribution is 2.21. The van der Waals surface area contributed by atoms with Gasteiger partial charge in [0.2, 0.25) is 0 Å². The van der Waals surface area contributed by atoms with Crippen LogP contribution in [-0.4, -0.2) is 42.4 Å². The number of carbonyl (C=O) groups excluding carboxylic acids is 1. The summed E-state index contributed by atoms with van der Waals surface area (Å²) in [6, 6.07) is 10.7. The Labute approximate surface area is 127 Å². The molecule has 116 valence electrons. The van der Waals surface area contributed by atoms with Crippen LogP contribution >= 0.6 is 0 Å². The van der Waals surface area contributed by atoms with Crippen molar-refractivity contribution in [2.75, 3.05) is 20.1 Å². The summed E-state index contributed by atoms with van der Waals surface area (Å²) in [4.78, 5) is 11.8. The molecular formula is C17H27N2O2+. The topological polar surface area (TPSA) is 38.3 Å². The number of likely N-dealkylation sites (N-methyl/N-ethyl adjacent to an activating group) is 1. The van der Waals surface area contributed by atoms with Crippen molar-refractivity contribution in [3.8, 4) is 0 Å². The molecule has 1 saturated heterocycles. The number of alkyl carbamates (subject to hydrolysis) is 1. The van der Waals surface area contributed by atoms with E-state index in [9.17, 15) is 4.79 Å². The highest BCUT2D eigenvalue weighted by atomic mass is 16.6. The average molecular weight is 291 g/mol. The molecule has 1 fully saturated rings. The van der Waals surface area contributed by atoms with Crippen LogP contribution in [0.4, 0.5) is 4.79 Å². The van der Waals surface area contributed by atoms with E-state index in [1.54, 1.807) is 0 Å². The number of carbonyl (C=O) groups is 1. The van der Waals surface area contributed by atoms with Gasteiger partial charge in [0.05, 0.1) is 26.2 Å². The van der Waals surface area contributed by atoms with Crippen molar-refractivity contribution in [3.05, 3.63) is 35.9 Å². The zero-order chi connectivity index (χ0) is 15.5. The Morgan fingerprint density at radius 1 is 1.33 bits per heavy atom. The molecule has 0 aromatic heterocycles. The predicted octanol–water partition coefficient (Wildman–Crippen LogP) is 2.93. The molecule has 0 radical (unpaired) electrons. The van der Waals surface area contributed by atoms with Crippen LogP contribution in [0.15, 0.2) is 30.3 Å². The van der Waals surface area contributed by atoms with E-state index in [4.69, 9.17) is 4.74 Å². The van der Waals surface area contributed by atoms with Gasteiger partial charge in [-0.05, 0) is 20.8 Å². The SMILES string of the molecule is CC(C)(C)OC(=O)NC1CC[N+](C)(Cc2ccccc2)C1. The van der Waals surface area contributed by atoms with Crippen LogP contribution in [0.5, 0.6) is 0 Å². The summed E-state index contributed by atoms with van der Waals surface area (Å²) < 4.78 is 6.29. The summed E-state index contributed by atoms with van der Waals surface area (Å²) in [5.41, 5.74) is 0.906. The number of benzene rings is 1. The highest BCUT2D eigenvalue weighted by molar-refractivity contribution is 5.68. The Kier molecular flexibility index (Phi) is 4.57. The molecule has 0 bridgehead atoms. The van der Waals surface area contributed by atoms with Gasteiger partial charge < -0.3 is 14.5 Å². The third kappa shape index (κ3) is 5.05. The van der Waals surface area contributed by atoms with Gasteiger partial charge in [-0.3, -0.25) is 0 Å². The van der Waals surface area contributed by atoms with E-state index >= 15 is 0 Å². The molecule has 1 aromatic carbocycles. The lowest BCUT2D eigenvalue weighted by molar-refractivity contribution is -0.911. The van der Waals surface area contributed by atoms with E-state index in [-0.39, 0.29) is 12.1 Å². The largest absolute Gasteiger partial charge is 0.444 e. The lowest BCUT2D eigenvalue weighted by atomic mass is 10.2. The van der Waals surface area contributed by atoms with Gasteiger partial charge in [0.1, 0.15) is 12.1 Å². The van der Waals surface area contributed by atoms with Crippen molar-refractivity contribution in [3.63, 3.8) is 0 Å². The van der Waals surface area contributed by atoms with E-state index in [0.29, 0.717) is 0 Å². The van der Waals surface area contributed by atoms with Gasteiger partial charge in [-0.1, -0.05) is 30.3 Å². The third-order valence-corrected chi connectivity index (χ3v) is 3.81. The summed E-state index contributed by atoms with van der Waals surface area (Å²) in [5.74, 6) is 0. The number of quaternary nitrogens is 1. The number of nitrogens with one attached hydrogen (secondary N) is 1. The second-order valence-electron chi connectivity index (χ2n) is 7.30. The van der Waals surface area contributed by atoms with Crippen LogP contribution in [0, 0.1) is 0 Å². The Morgan fingerprint density at radius 3 is 2.62 bits per heavy atom. The molecule has 0 spiro atoms. The van der Waals surface area contributed by atoms with Crippen LogP contribution in [0.3, 0.4) is 0 Å². The van der Waals surface area contributed by atoms with Crippen molar-refractivity contribution >= 4 is 6.09 Å². The van der Waals surface area contributed by atoms with E-state index in [1.165, 1.54) is 5.56 Å². The molecule has 2 atom stereocenters. The summed E-state index contributed by atoms with van der Waals surface area (Å²) in [7, 11) is 2.25. The average Bonchev–Trinajstić information content (AvgIpc) is 2.69. The lowest BCUT2D eigenvalue weighted by Gasteiger charge is -2.30. The molecule has 1 N–H and O–H groups in total. The van der Waals surface area contributed by atoms with E-state index in [2.05, 4.69) is 36.6 Å². The summed E-state index contributed by atoms with van der Waals surface area (Å²) >= 11 is 0. The second kappa shape index (κ2) is 6.06. The van der Waals surface area contributed by atoms with Crippen molar-refractivity contribution in [1.82, 2.24) is 5.32 Å². The molecule has 0 aliphatic carbocycles. The first-order valence-electron chi connectivity index (χ1n) is 7.63. The molecule has 2 unspecified atom stereocenters. The fourth-order valence-electron chi connectivity index (χ4n) is 2.94. The molecule has 4 nitrogen and oxygen atoms in total. The minimum absolute atomic E-state index is 0.202. The zero-order valence-electron chi connectivity index (χ0n) is 13.6. The first kappa shape index (κ1) is 15.8. The Bertz CT molecular complexity index is 481. The molecule has 4 heteroatoms. The number of hydrogen-bond donors (Lipinski definition) is 1. The number of amides is 1. The summed E-state index contributed by atoms with van der Waals surface area (Å²) in [5, 5.41) is 3.00. The molecule has 1 aliphatic rings. The number of hydrogen-bond acceptors (Lipinski definition) is 2. The minimum Gasteiger partial charge on any atom is -0.444 e. The van der Waals surface area contributed by atoms with Gasteiger partial charge in [-0.25, -0.2) is 4.79 Å². The second-order valence-corrected chi connectivity index (χ2v) is 7.30. The maximum absolute atomic E-state index is 11.8.